The topological polar surface area (TPSA) is 59.9 Å². The minimum Gasteiger partial charge on any atom is -0.493 e. The Morgan fingerprint density at radius 2 is 1.96 bits per heavy atom. The molecule has 0 saturated carbocycles. The van der Waals surface area contributed by atoms with E-state index in [0.29, 0.717) is 23.7 Å². The quantitative estimate of drug-likeness (QED) is 0.618. The van der Waals surface area contributed by atoms with Gasteiger partial charge in [0.25, 0.3) is 5.91 Å². The molecule has 0 bridgehead atoms. The molecule has 0 heterocycles. The van der Waals surface area contributed by atoms with Gasteiger partial charge in [0.15, 0.2) is 11.5 Å². The number of carbonyl (C=O) groups excluding carboxylic acids is 1. The van der Waals surface area contributed by atoms with Crippen molar-refractivity contribution >= 4 is 28.1 Å². The number of hydrogen-bond acceptors (Lipinski definition) is 4. The fraction of sp³-hybridized carbons (Fsp3) is 0.176. The molecule has 0 aliphatic rings. The summed E-state index contributed by atoms with van der Waals surface area (Å²) in [7, 11) is 1.58. The van der Waals surface area contributed by atoms with Gasteiger partial charge in [0.05, 0.1) is 19.9 Å². The summed E-state index contributed by atoms with van der Waals surface area (Å²) in [6, 6.07) is 12.5. The smallest absolute Gasteiger partial charge is 0.271 e. The van der Waals surface area contributed by atoms with Gasteiger partial charge in [0.1, 0.15) is 0 Å². The summed E-state index contributed by atoms with van der Waals surface area (Å²) in [5, 5.41) is 3.96. The van der Waals surface area contributed by atoms with E-state index in [1.165, 1.54) is 0 Å². The number of amides is 1. The highest BCUT2D eigenvalue weighted by molar-refractivity contribution is 9.10. The maximum Gasteiger partial charge on any atom is 0.271 e. The van der Waals surface area contributed by atoms with Crippen LogP contribution >= 0.6 is 15.9 Å². The predicted molar refractivity (Wildman–Crippen MR) is 93.4 cm³/mol. The first kappa shape index (κ1) is 17.0. The first-order valence-electron chi connectivity index (χ1n) is 7.04. The number of carbonyl (C=O) groups is 1. The molecule has 120 valence electrons. The van der Waals surface area contributed by atoms with E-state index in [1.807, 2.05) is 13.0 Å². The Labute approximate surface area is 143 Å². The highest BCUT2D eigenvalue weighted by Crippen LogP contribution is 2.27. The molecule has 6 heteroatoms. The van der Waals surface area contributed by atoms with Crippen molar-refractivity contribution in [3.63, 3.8) is 0 Å². The fourth-order valence-electron chi connectivity index (χ4n) is 1.87. The van der Waals surface area contributed by atoms with E-state index in [9.17, 15) is 4.79 Å². The van der Waals surface area contributed by atoms with Crippen molar-refractivity contribution in [2.75, 3.05) is 13.7 Å². The lowest BCUT2D eigenvalue weighted by atomic mass is 10.2. The van der Waals surface area contributed by atoms with Crippen molar-refractivity contribution in [1.82, 2.24) is 5.43 Å². The molecule has 0 radical (unpaired) electrons. The summed E-state index contributed by atoms with van der Waals surface area (Å²) in [6.07, 6.45) is 1.55. The average Bonchev–Trinajstić information content (AvgIpc) is 2.56. The second kappa shape index (κ2) is 8.33. The molecule has 2 aromatic carbocycles. The summed E-state index contributed by atoms with van der Waals surface area (Å²) in [6.45, 7) is 2.47. The molecular weight excluding hydrogens is 360 g/mol. The van der Waals surface area contributed by atoms with Gasteiger partial charge in [-0.05, 0) is 55.0 Å². The maximum atomic E-state index is 11.9. The van der Waals surface area contributed by atoms with E-state index in [-0.39, 0.29) is 5.91 Å². The van der Waals surface area contributed by atoms with Crippen LogP contribution in [0.3, 0.4) is 0 Å². The number of methoxy groups -OCH3 is 1. The first-order valence-corrected chi connectivity index (χ1v) is 7.83. The van der Waals surface area contributed by atoms with Gasteiger partial charge in [-0.2, -0.15) is 5.10 Å². The third kappa shape index (κ3) is 4.82. The van der Waals surface area contributed by atoms with Crippen molar-refractivity contribution in [1.29, 1.82) is 0 Å². The van der Waals surface area contributed by atoms with Crippen LogP contribution < -0.4 is 14.9 Å². The van der Waals surface area contributed by atoms with Crippen LogP contribution in [0.15, 0.2) is 52.0 Å². The van der Waals surface area contributed by atoms with Crippen molar-refractivity contribution in [2.45, 2.75) is 6.92 Å². The zero-order valence-corrected chi connectivity index (χ0v) is 14.5. The third-order valence-corrected chi connectivity index (χ3v) is 3.50. The normalized spacial score (nSPS) is 10.6. The maximum absolute atomic E-state index is 11.9. The lowest BCUT2D eigenvalue weighted by Crippen LogP contribution is -2.17. The predicted octanol–water partition coefficient (Wildman–Crippen LogP) is 3.62. The van der Waals surface area contributed by atoms with E-state index in [4.69, 9.17) is 9.47 Å². The fourth-order valence-corrected chi connectivity index (χ4v) is 2.13. The third-order valence-electron chi connectivity index (χ3n) is 2.97. The summed E-state index contributed by atoms with van der Waals surface area (Å²) >= 11 is 3.32. The van der Waals surface area contributed by atoms with Crippen LogP contribution in [0.4, 0.5) is 0 Å². The molecule has 2 rings (SSSR count). The van der Waals surface area contributed by atoms with Crippen LogP contribution in [0.1, 0.15) is 22.8 Å². The van der Waals surface area contributed by atoms with Gasteiger partial charge < -0.3 is 9.47 Å². The molecule has 5 nitrogen and oxygen atoms in total. The van der Waals surface area contributed by atoms with E-state index < -0.39 is 0 Å². The Morgan fingerprint density at radius 3 is 2.61 bits per heavy atom. The van der Waals surface area contributed by atoms with Gasteiger partial charge in [-0.15, -0.1) is 0 Å². The first-order chi connectivity index (χ1) is 11.1. The molecule has 0 unspecified atom stereocenters. The molecule has 0 fully saturated rings. The van der Waals surface area contributed by atoms with Crippen LogP contribution in [-0.2, 0) is 0 Å². The van der Waals surface area contributed by atoms with E-state index in [0.717, 1.165) is 10.0 Å². The largest absolute Gasteiger partial charge is 0.493 e. The Kier molecular flexibility index (Phi) is 6.17. The number of hydrogen-bond donors (Lipinski definition) is 1. The number of benzene rings is 2. The van der Waals surface area contributed by atoms with Gasteiger partial charge in [-0.3, -0.25) is 4.79 Å². The number of halogens is 1. The Balaban J connectivity index is 2.02. The zero-order chi connectivity index (χ0) is 16.7. The van der Waals surface area contributed by atoms with Crippen LogP contribution in [0.5, 0.6) is 11.5 Å². The Hall–Kier alpha value is -2.34. The van der Waals surface area contributed by atoms with Crippen LogP contribution in [0.2, 0.25) is 0 Å². The molecule has 23 heavy (non-hydrogen) atoms. The number of rotatable bonds is 6. The summed E-state index contributed by atoms with van der Waals surface area (Å²) in [5.41, 5.74) is 3.82. The molecule has 1 N–H and O–H groups in total. The SMILES string of the molecule is CCOc1ccc(/C=N\NC(=O)c2ccc(Br)cc2)cc1OC. The van der Waals surface area contributed by atoms with Crippen LogP contribution in [0, 0.1) is 0 Å². The summed E-state index contributed by atoms with van der Waals surface area (Å²) in [5.74, 6) is 1.02. The van der Waals surface area contributed by atoms with Crippen molar-refractivity contribution < 1.29 is 14.3 Å². The summed E-state index contributed by atoms with van der Waals surface area (Å²) < 4.78 is 11.6. The molecule has 0 atom stereocenters. The lowest BCUT2D eigenvalue weighted by Gasteiger charge is -2.09. The van der Waals surface area contributed by atoms with Gasteiger partial charge in [0.2, 0.25) is 0 Å². The molecule has 0 saturated heterocycles. The Morgan fingerprint density at radius 1 is 1.22 bits per heavy atom. The van der Waals surface area contributed by atoms with E-state index in [2.05, 4.69) is 26.5 Å². The average molecular weight is 377 g/mol. The van der Waals surface area contributed by atoms with Crippen LogP contribution in [0.25, 0.3) is 0 Å². The highest BCUT2D eigenvalue weighted by atomic mass is 79.9. The summed E-state index contributed by atoms with van der Waals surface area (Å²) in [4.78, 5) is 11.9. The number of nitrogens with zero attached hydrogens (tertiary/aromatic N) is 1. The lowest BCUT2D eigenvalue weighted by molar-refractivity contribution is 0.0955. The van der Waals surface area contributed by atoms with E-state index >= 15 is 0 Å². The van der Waals surface area contributed by atoms with Crippen molar-refractivity contribution in [2.24, 2.45) is 5.10 Å². The molecule has 2 aromatic rings. The van der Waals surface area contributed by atoms with Gasteiger partial charge in [0, 0.05) is 10.0 Å². The minimum absolute atomic E-state index is 0.272. The molecule has 0 spiro atoms. The van der Waals surface area contributed by atoms with E-state index in [1.54, 1.807) is 49.7 Å². The van der Waals surface area contributed by atoms with Gasteiger partial charge in [-0.25, -0.2) is 5.43 Å². The molecule has 0 aliphatic heterocycles. The van der Waals surface area contributed by atoms with Crippen molar-refractivity contribution in [3.05, 3.63) is 58.1 Å². The molecule has 1 amide bonds. The molecule has 0 aliphatic carbocycles. The standard InChI is InChI=1S/C17H17BrN2O3/c1-3-23-15-9-4-12(10-16(15)22-2)11-19-20-17(21)13-5-7-14(18)8-6-13/h4-11H,3H2,1-2H3,(H,20,21)/b19-11-. The molecule has 0 aromatic heterocycles. The second-order valence-electron chi connectivity index (χ2n) is 4.55. The van der Waals surface area contributed by atoms with Gasteiger partial charge >= 0.3 is 0 Å². The Bertz CT molecular complexity index is 699. The van der Waals surface area contributed by atoms with Crippen LogP contribution in [-0.4, -0.2) is 25.8 Å². The zero-order valence-electron chi connectivity index (χ0n) is 12.9. The van der Waals surface area contributed by atoms with Crippen molar-refractivity contribution in [3.8, 4) is 11.5 Å². The number of ether oxygens (including phenoxy) is 2. The highest BCUT2D eigenvalue weighted by Gasteiger charge is 2.05. The van der Waals surface area contributed by atoms with Gasteiger partial charge in [-0.1, -0.05) is 15.9 Å². The minimum atomic E-state index is -0.272. The monoisotopic (exact) mass is 376 g/mol. The second-order valence-corrected chi connectivity index (χ2v) is 5.47. The number of nitrogens with one attached hydrogen (secondary N) is 1. The number of hydrazone groups is 1. The molecular formula is C17H17BrN2O3.